The van der Waals surface area contributed by atoms with Crippen LogP contribution >= 0.6 is 0 Å². The first-order valence-corrected chi connectivity index (χ1v) is 6.93. The van der Waals surface area contributed by atoms with E-state index in [1.54, 1.807) is 0 Å². The molecule has 0 bridgehead atoms. The van der Waals surface area contributed by atoms with Gasteiger partial charge in [0, 0.05) is 17.6 Å². The molecule has 0 unspecified atom stereocenters. The van der Waals surface area contributed by atoms with Gasteiger partial charge in [-0.05, 0) is 30.0 Å². The Morgan fingerprint density at radius 2 is 1.60 bits per heavy atom. The fourth-order valence-corrected chi connectivity index (χ4v) is 2.89. The van der Waals surface area contributed by atoms with Crippen LogP contribution in [0.3, 0.4) is 0 Å². The molecular formula is C17H15N3. The maximum atomic E-state index is 4.58. The minimum atomic E-state index is 0.397. The van der Waals surface area contributed by atoms with Crippen molar-refractivity contribution in [2.24, 2.45) is 0 Å². The lowest BCUT2D eigenvalue weighted by Gasteiger charge is -2.12. The SMILES string of the molecule is c1ccc2c(c1)CC(Nc1ncc3ccccc3n1)C2. The second-order valence-corrected chi connectivity index (χ2v) is 5.27. The van der Waals surface area contributed by atoms with Crippen molar-refractivity contribution in [2.75, 3.05) is 5.32 Å². The Kier molecular flexibility index (Phi) is 2.62. The van der Waals surface area contributed by atoms with E-state index in [-0.39, 0.29) is 0 Å². The highest BCUT2D eigenvalue weighted by molar-refractivity contribution is 5.78. The number of nitrogens with one attached hydrogen (secondary N) is 1. The van der Waals surface area contributed by atoms with E-state index in [0.29, 0.717) is 6.04 Å². The lowest BCUT2D eigenvalue weighted by molar-refractivity contribution is 0.763. The number of anilines is 1. The van der Waals surface area contributed by atoms with Crippen molar-refractivity contribution in [2.45, 2.75) is 18.9 Å². The predicted molar refractivity (Wildman–Crippen MR) is 80.8 cm³/mol. The van der Waals surface area contributed by atoms with Gasteiger partial charge in [0.1, 0.15) is 0 Å². The Morgan fingerprint density at radius 3 is 2.40 bits per heavy atom. The minimum absolute atomic E-state index is 0.397. The summed E-state index contributed by atoms with van der Waals surface area (Å²) in [7, 11) is 0. The zero-order chi connectivity index (χ0) is 13.4. The van der Waals surface area contributed by atoms with Gasteiger partial charge in [-0.2, -0.15) is 0 Å². The first-order chi connectivity index (χ1) is 9.88. The van der Waals surface area contributed by atoms with E-state index in [2.05, 4.69) is 39.6 Å². The highest BCUT2D eigenvalue weighted by atomic mass is 15.1. The van der Waals surface area contributed by atoms with E-state index in [1.807, 2.05) is 30.5 Å². The topological polar surface area (TPSA) is 37.8 Å². The number of hydrogen-bond donors (Lipinski definition) is 1. The van der Waals surface area contributed by atoms with Crippen LogP contribution in [0.15, 0.2) is 54.7 Å². The Labute approximate surface area is 117 Å². The lowest BCUT2D eigenvalue weighted by Crippen LogP contribution is -2.21. The fraction of sp³-hybridized carbons (Fsp3) is 0.176. The largest absolute Gasteiger partial charge is 0.351 e. The van der Waals surface area contributed by atoms with Crippen molar-refractivity contribution in [3.8, 4) is 0 Å². The summed E-state index contributed by atoms with van der Waals surface area (Å²) in [5.74, 6) is 0.724. The molecule has 1 aromatic heterocycles. The third kappa shape index (κ3) is 2.01. The van der Waals surface area contributed by atoms with Gasteiger partial charge in [0.25, 0.3) is 0 Å². The van der Waals surface area contributed by atoms with Crippen molar-refractivity contribution >= 4 is 16.9 Å². The van der Waals surface area contributed by atoms with Gasteiger partial charge in [-0.3, -0.25) is 0 Å². The van der Waals surface area contributed by atoms with E-state index in [0.717, 1.165) is 29.7 Å². The monoisotopic (exact) mass is 261 g/mol. The molecule has 0 saturated heterocycles. The number of para-hydroxylation sites is 1. The van der Waals surface area contributed by atoms with E-state index in [9.17, 15) is 0 Å². The third-order valence-corrected chi connectivity index (χ3v) is 3.87. The van der Waals surface area contributed by atoms with Crippen LogP contribution in [-0.4, -0.2) is 16.0 Å². The maximum absolute atomic E-state index is 4.58. The minimum Gasteiger partial charge on any atom is -0.351 e. The molecule has 0 radical (unpaired) electrons. The summed E-state index contributed by atoms with van der Waals surface area (Å²) in [5, 5.41) is 4.53. The van der Waals surface area contributed by atoms with Gasteiger partial charge in [-0.25, -0.2) is 9.97 Å². The van der Waals surface area contributed by atoms with Crippen LogP contribution in [-0.2, 0) is 12.8 Å². The molecule has 4 rings (SSSR count). The molecule has 3 nitrogen and oxygen atoms in total. The normalized spacial score (nSPS) is 14.4. The van der Waals surface area contributed by atoms with E-state index < -0.39 is 0 Å². The van der Waals surface area contributed by atoms with Crippen LogP contribution in [0.25, 0.3) is 10.9 Å². The van der Waals surface area contributed by atoms with Crippen molar-refractivity contribution in [1.29, 1.82) is 0 Å². The highest BCUT2D eigenvalue weighted by Gasteiger charge is 2.21. The molecule has 3 heteroatoms. The van der Waals surface area contributed by atoms with Crippen molar-refractivity contribution < 1.29 is 0 Å². The Morgan fingerprint density at radius 1 is 0.900 bits per heavy atom. The summed E-state index contributed by atoms with van der Waals surface area (Å²) in [6.45, 7) is 0. The average Bonchev–Trinajstić information content (AvgIpc) is 2.89. The number of hydrogen-bond acceptors (Lipinski definition) is 3. The molecule has 0 fully saturated rings. The molecular weight excluding hydrogens is 246 g/mol. The second-order valence-electron chi connectivity index (χ2n) is 5.27. The zero-order valence-electron chi connectivity index (χ0n) is 11.1. The molecule has 3 aromatic rings. The predicted octanol–water partition coefficient (Wildman–Crippen LogP) is 3.21. The molecule has 0 saturated carbocycles. The van der Waals surface area contributed by atoms with Crippen LogP contribution in [0.5, 0.6) is 0 Å². The van der Waals surface area contributed by atoms with Crippen molar-refractivity contribution in [3.63, 3.8) is 0 Å². The smallest absolute Gasteiger partial charge is 0.223 e. The highest BCUT2D eigenvalue weighted by Crippen LogP contribution is 2.23. The number of nitrogens with zero attached hydrogens (tertiary/aromatic N) is 2. The number of benzene rings is 2. The first-order valence-electron chi connectivity index (χ1n) is 6.93. The molecule has 1 aliphatic rings. The number of fused-ring (bicyclic) bond motifs is 2. The van der Waals surface area contributed by atoms with Gasteiger partial charge in [0.05, 0.1) is 5.52 Å². The van der Waals surface area contributed by atoms with E-state index in [1.165, 1.54) is 11.1 Å². The van der Waals surface area contributed by atoms with Crippen LogP contribution in [0, 0.1) is 0 Å². The molecule has 1 N–H and O–H groups in total. The molecule has 2 aromatic carbocycles. The van der Waals surface area contributed by atoms with Crippen LogP contribution in [0.1, 0.15) is 11.1 Å². The van der Waals surface area contributed by atoms with Crippen LogP contribution in [0.2, 0.25) is 0 Å². The fourth-order valence-electron chi connectivity index (χ4n) is 2.89. The lowest BCUT2D eigenvalue weighted by atomic mass is 10.1. The summed E-state index contributed by atoms with van der Waals surface area (Å²) in [4.78, 5) is 8.99. The summed E-state index contributed by atoms with van der Waals surface area (Å²) in [5.41, 5.74) is 3.86. The Bertz CT molecular complexity index is 742. The number of aromatic nitrogens is 2. The van der Waals surface area contributed by atoms with Gasteiger partial charge in [0.2, 0.25) is 5.95 Å². The van der Waals surface area contributed by atoms with Gasteiger partial charge in [-0.1, -0.05) is 42.5 Å². The Balaban J connectivity index is 1.57. The van der Waals surface area contributed by atoms with Gasteiger partial charge in [0.15, 0.2) is 0 Å². The molecule has 1 aliphatic carbocycles. The average molecular weight is 261 g/mol. The Hall–Kier alpha value is -2.42. The maximum Gasteiger partial charge on any atom is 0.223 e. The summed E-state index contributed by atoms with van der Waals surface area (Å²) < 4.78 is 0. The van der Waals surface area contributed by atoms with Gasteiger partial charge < -0.3 is 5.32 Å². The van der Waals surface area contributed by atoms with Crippen molar-refractivity contribution in [3.05, 3.63) is 65.9 Å². The standard InChI is InChI=1S/C17H15N3/c1-2-6-13-10-15(9-12(13)5-1)19-17-18-11-14-7-3-4-8-16(14)20-17/h1-8,11,15H,9-10H2,(H,18,19,20). The number of rotatable bonds is 2. The van der Waals surface area contributed by atoms with E-state index in [4.69, 9.17) is 0 Å². The van der Waals surface area contributed by atoms with Crippen molar-refractivity contribution in [1.82, 2.24) is 9.97 Å². The summed E-state index contributed by atoms with van der Waals surface area (Å²) in [6, 6.07) is 17.1. The van der Waals surface area contributed by atoms with E-state index >= 15 is 0 Å². The molecule has 98 valence electrons. The summed E-state index contributed by atoms with van der Waals surface area (Å²) in [6.07, 6.45) is 3.98. The molecule has 0 atom stereocenters. The van der Waals surface area contributed by atoms with Crippen LogP contribution < -0.4 is 5.32 Å². The molecule has 0 spiro atoms. The zero-order valence-corrected chi connectivity index (χ0v) is 11.1. The molecule has 0 amide bonds. The third-order valence-electron chi connectivity index (χ3n) is 3.87. The molecule has 20 heavy (non-hydrogen) atoms. The summed E-state index contributed by atoms with van der Waals surface area (Å²) >= 11 is 0. The van der Waals surface area contributed by atoms with Gasteiger partial charge >= 0.3 is 0 Å². The second kappa shape index (κ2) is 4.60. The quantitative estimate of drug-likeness (QED) is 0.769. The first kappa shape index (κ1) is 11.4. The molecule has 0 aliphatic heterocycles. The molecule has 1 heterocycles. The van der Waals surface area contributed by atoms with Crippen LogP contribution in [0.4, 0.5) is 5.95 Å². The van der Waals surface area contributed by atoms with Gasteiger partial charge in [-0.15, -0.1) is 0 Å².